The largest absolute Gasteiger partial charge is 0.494 e. The smallest absolute Gasteiger partial charge is 0.142 e. The lowest BCUT2D eigenvalue weighted by Gasteiger charge is -2.20. The van der Waals surface area contributed by atoms with Gasteiger partial charge in [0.15, 0.2) is 0 Å². The molecular formula is C15H23ClFNO. The molecule has 0 heterocycles. The zero-order chi connectivity index (χ0) is 14.3. The van der Waals surface area contributed by atoms with Gasteiger partial charge < -0.3 is 10.1 Å². The Balaban J connectivity index is 2.09. The van der Waals surface area contributed by atoms with E-state index in [9.17, 15) is 4.39 Å². The van der Waals surface area contributed by atoms with Crippen molar-refractivity contribution >= 4 is 11.6 Å². The first-order valence-electron chi connectivity index (χ1n) is 6.71. The third-order valence-corrected chi connectivity index (χ3v) is 2.93. The van der Waals surface area contributed by atoms with E-state index < -0.39 is 5.82 Å². The molecule has 0 bridgehead atoms. The van der Waals surface area contributed by atoms with Gasteiger partial charge in [-0.3, -0.25) is 0 Å². The van der Waals surface area contributed by atoms with Crippen molar-refractivity contribution in [1.29, 1.82) is 0 Å². The summed E-state index contributed by atoms with van der Waals surface area (Å²) in [4.78, 5) is 0. The molecule has 1 aromatic rings. The first-order chi connectivity index (χ1) is 8.88. The fourth-order valence-corrected chi connectivity index (χ4v) is 1.79. The Bertz CT molecular complexity index is 390. The molecule has 0 radical (unpaired) electrons. The van der Waals surface area contributed by atoms with Crippen molar-refractivity contribution in [3.05, 3.63) is 29.0 Å². The number of ether oxygens (including phenoxy) is 1. The summed E-state index contributed by atoms with van der Waals surface area (Å²) in [6, 6.07) is 4.44. The second-order valence-corrected chi connectivity index (χ2v) is 6.07. The van der Waals surface area contributed by atoms with E-state index in [0.29, 0.717) is 12.4 Å². The Labute approximate surface area is 120 Å². The van der Waals surface area contributed by atoms with Gasteiger partial charge in [0.05, 0.1) is 11.6 Å². The Kier molecular flexibility index (Phi) is 6.59. The van der Waals surface area contributed by atoms with Crippen LogP contribution in [0, 0.1) is 5.82 Å². The molecule has 0 saturated carbocycles. The molecule has 1 rings (SSSR count). The van der Waals surface area contributed by atoms with Gasteiger partial charge in [-0.15, -0.1) is 0 Å². The molecular weight excluding hydrogens is 265 g/mol. The molecule has 1 aromatic carbocycles. The van der Waals surface area contributed by atoms with E-state index in [0.717, 1.165) is 25.8 Å². The maximum atomic E-state index is 12.9. The highest BCUT2D eigenvalue weighted by molar-refractivity contribution is 6.30. The van der Waals surface area contributed by atoms with Crippen LogP contribution in [0.3, 0.4) is 0 Å². The quantitative estimate of drug-likeness (QED) is 0.750. The van der Waals surface area contributed by atoms with Crippen molar-refractivity contribution in [2.24, 2.45) is 0 Å². The predicted molar refractivity (Wildman–Crippen MR) is 78.5 cm³/mol. The summed E-state index contributed by atoms with van der Waals surface area (Å²) >= 11 is 5.67. The number of benzene rings is 1. The van der Waals surface area contributed by atoms with E-state index >= 15 is 0 Å². The fraction of sp³-hybridized carbons (Fsp3) is 0.600. The van der Waals surface area contributed by atoms with Crippen LogP contribution in [0.15, 0.2) is 18.2 Å². The molecule has 0 aliphatic carbocycles. The SMILES string of the molecule is CC(C)(C)NCCCCCOc1ccc(F)c(Cl)c1. The van der Waals surface area contributed by atoms with Crippen molar-refractivity contribution in [2.75, 3.05) is 13.2 Å². The monoisotopic (exact) mass is 287 g/mol. The highest BCUT2D eigenvalue weighted by atomic mass is 35.5. The van der Waals surface area contributed by atoms with E-state index in [4.69, 9.17) is 16.3 Å². The first-order valence-corrected chi connectivity index (χ1v) is 7.09. The van der Waals surface area contributed by atoms with Crippen LogP contribution in [0.25, 0.3) is 0 Å². The van der Waals surface area contributed by atoms with Gasteiger partial charge >= 0.3 is 0 Å². The van der Waals surface area contributed by atoms with Crippen molar-refractivity contribution in [3.63, 3.8) is 0 Å². The minimum Gasteiger partial charge on any atom is -0.494 e. The summed E-state index contributed by atoms with van der Waals surface area (Å²) in [7, 11) is 0. The normalized spacial score (nSPS) is 11.6. The molecule has 0 aliphatic heterocycles. The summed E-state index contributed by atoms with van der Waals surface area (Å²) < 4.78 is 18.4. The summed E-state index contributed by atoms with van der Waals surface area (Å²) in [5, 5.41) is 3.55. The maximum absolute atomic E-state index is 12.9. The molecule has 0 aliphatic rings. The van der Waals surface area contributed by atoms with Gasteiger partial charge in [0, 0.05) is 11.6 Å². The minimum absolute atomic E-state index is 0.104. The molecule has 0 unspecified atom stereocenters. The van der Waals surface area contributed by atoms with Crippen molar-refractivity contribution in [1.82, 2.24) is 5.32 Å². The first kappa shape index (κ1) is 16.3. The van der Waals surface area contributed by atoms with Crippen LogP contribution < -0.4 is 10.1 Å². The lowest BCUT2D eigenvalue weighted by molar-refractivity contribution is 0.302. The summed E-state index contributed by atoms with van der Waals surface area (Å²) in [6.45, 7) is 8.14. The standard InChI is InChI=1S/C15H23ClFNO/c1-15(2,3)18-9-5-4-6-10-19-12-7-8-14(17)13(16)11-12/h7-8,11,18H,4-6,9-10H2,1-3H3. The number of unbranched alkanes of at least 4 members (excludes halogenated alkanes) is 2. The lowest BCUT2D eigenvalue weighted by atomic mass is 10.1. The summed E-state index contributed by atoms with van der Waals surface area (Å²) in [6.07, 6.45) is 3.23. The Morgan fingerprint density at radius 3 is 2.58 bits per heavy atom. The van der Waals surface area contributed by atoms with Crippen LogP contribution in [-0.4, -0.2) is 18.7 Å². The molecule has 0 atom stereocenters. The Morgan fingerprint density at radius 1 is 1.21 bits per heavy atom. The lowest BCUT2D eigenvalue weighted by Crippen LogP contribution is -2.36. The molecule has 0 saturated heterocycles. The number of nitrogens with one attached hydrogen (secondary N) is 1. The predicted octanol–water partition coefficient (Wildman–Crippen LogP) is 4.42. The number of hydrogen-bond acceptors (Lipinski definition) is 2. The molecule has 1 N–H and O–H groups in total. The highest BCUT2D eigenvalue weighted by Crippen LogP contribution is 2.21. The molecule has 0 spiro atoms. The van der Waals surface area contributed by atoms with Gasteiger partial charge in [0.25, 0.3) is 0 Å². The van der Waals surface area contributed by atoms with Crippen LogP contribution in [0.5, 0.6) is 5.75 Å². The maximum Gasteiger partial charge on any atom is 0.142 e. The topological polar surface area (TPSA) is 21.3 Å². The molecule has 108 valence electrons. The Hall–Kier alpha value is -0.800. The number of hydrogen-bond donors (Lipinski definition) is 1. The van der Waals surface area contributed by atoms with Crippen molar-refractivity contribution < 1.29 is 9.13 Å². The summed E-state index contributed by atoms with van der Waals surface area (Å²) in [5.74, 6) is 0.210. The number of rotatable bonds is 7. The van der Waals surface area contributed by atoms with Crippen LogP contribution in [0.4, 0.5) is 4.39 Å². The van der Waals surface area contributed by atoms with E-state index in [2.05, 4.69) is 26.1 Å². The molecule has 19 heavy (non-hydrogen) atoms. The van der Waals surface area contributed by atoms with E-state index in [1.807, 2.05) is 0 Å². The second-order valence-electron chi connectivity index (χ2n) is 5.66. The zero-order valence-corrected chi connectivity index (χ0v) is 12.7. The highest BCUT2D eigenvalue weighted by Gasteiger charge is 2.07. The third kappa shape index (κ3) is 7.38. The molecule has 0 amide bonds. The van der Waals surface area contributed by atoms with Crippen molar-refractivity contribution in [2.45, 2.75) is 45.6 Å². The van der Waals surface area contributed by atoms with E-state index in [1.54, 1.807) is 6.07 Å². The molecule has 0 aromatic heterocycles. The van der Waals surface area contributed by atoms with Crippen molar-refractivity contribution in [3.8, 4) is 5.75 Å². The zero-order valence-electron chi connectivity index (χ0n) is 11.9. The van der Waals surface area contributed by atoms with Crippen LogP contribution in [-0.2, 0) is 0 Å². The van der Waals surface area contributed by atoms with Gasteiger partial charge in [-0.05, 0) is 58.7 Å². The van der Waals surface area contributed by atoms with Gasteiger partial charge in [-0.2, -0.15) is 0 Å². The van der Waals surface area contributed by atoms with E-state index in [1.165, 1.54) is 12.1 Å². The Morgan fingerprint density at radius 2 is 1.95 bits per heavy atom. The average Bonchev–Trinajstić information content (AvgIpc) is 2.31. The van der Waals surface area contributed by atoms with Crippen LogP contribution in [0.1, 0.15) is 40.0 Å². The molecule has 0 fully saturated rings. The molecule has 2 nitrogen and oxygen atoms in total. The van der Waals surface area contributed by atoms with Crippen LogP contribution in [0.2, 0.25) is 5.02 Å². The van der Waals surface area contributed by atoms with Gasteiger partial charge in [-0.25, -0.2) is 4.39 Å². The summed E-state index contributed by atoms with van der Waals surface area (Å²) in [5.41, 5.74) is 0.182. The van der Waals surface area contributed by atoms with Gasteiger partial charge in [0.1, 0.15) is 11.6 Å². The third-order valence-electron chi connectivity index (χ3n) is 2.64. The fourth-order valence-electron chi connectivity index (χ4n) is 1.62. The van der Waals surface area contributed by atoms with Crippen LogP contribution >= 0.6 is 11.6 Å². The van der Waals surface area contributed by atoms with Gasteiger partial charge in [0.2, 0.25) is 0 Å². The van der Waals surface area contributed by atoms with Gasteiger partial charge in [-0.1, -0.05) is 11.6 Å². The van der Waals surface area contributed by atoms with E-state index in [-0.39, 0.29) is 10.6 Å². The average molecular weight is 288 g/mol. The second kappa shape index (κ2) is 7.71. The molecule has 4 heteroatoms. The number of halogens is 2. The minimum atomic E-state index is -0.415.